The Bertz CT molecular complexity index is 328. The van der Waals surface area contributed by atoms with E-state index in [0.29, 0.717) is 6.04 Å². The van der Waals surface area contributed by atoms with E-state index in [9.17, 15) is 0 Å². The Balaban J connectivity index is 1.78. The van der Waals surface area contributed by atoms with Crippen LogP contribution in [-0.2, 0) is 6.54 Å². The number of hydrogen-bond donors (Lipinski definition) is 1. The smallest absolute Gasteiger partial charge is 0.0951 e. The maximum Gasteiger partial charge on any atom is 0.0951 e. The number of hydrogen-bond acceptors (Lipinski definition) is 3. The molecule has 0 spiro atoms. The lowest BCUT2D eigenvalue weighted by Gasteiger charge is -2.20. The van der Waals surface area contributed by atoms with Gasteiger partial charge in [0, 0.05) is 31.4 Å². The molecular formula is C12H22N4. The van der Waals surface area contributed by atoms with Crippen LogP contribution in [0.4, 0.5) is 0 Å². The summed E-state index contributed by atoms with van der Waals surface area (Å²) in [4.78, 5) is 6.46. The van der Waals surface area contributed by atoms with Gasteiger partial charge in [0.15, 0.2) is 0 Å². The van der Waals surface area contributed by atoms with Gasteiger partial charge < -0.3 is 14.8 Å². The molecular weight excluding hydrogens is 200 g/mol. The molecule has 90 valence electrons. The molecule has 1 unspecified atom stereocenters. The topological polar surface area (TPSA) is 33.1 Å². The van der Waals surface area contributed by atoms with E-state index in [1.807, 2.05) is 12.5 Å². The van der Waals surface area contributed by atoms with E-state index in [-0.39, 0.29) is 0 Å². The van der Waals surface area contributed by atoms with Crippen LogP contribution in [0.3, 0.4) is 0 Å². The van der Waals surface area contributed by atoms with Crippen molar-refractivity contribution < 1.29 is 0 Å². The molecule has 2 rings (SSSR count). The number of rotatable bonds is 6. The number of nitrogens with one attached hydrogen (secondary N) is 1. The lowest BCUT2D eigenvalue weighted by molar-refractivity contribution is 0.302. The van der Waals surface area contributed by atoms with Crippen LogP contribution in [0, 0.1) is 0 Å². The number of nitrogens with zero attached hydrogens (tertiary/aromatic N) is 3. The Morgan fingerprint density at radius 3 is 2.94 bits per heavy atom. The summed E-state index contributed by atoms with van der Waals surface area (Å²) in [5.41, 5.74) is 1.31. The molecule has 1 saturated carbocycles. The van der Waals surface area contributed by atoms with E-state index in [4.69, 9.17) is 0 Å². The van der Waals surface area contributed by atoms with Crippen LogP contribution >= 0.6 is 0 Å². The molecule has 0 aromatic carbocycles. The second kappa shape index (κ2) is 4.97. The van der Waals surface area contributed by atoms with E-state index in [1.165, 1.54) is 18.5 Å². The minimum absolute atomic E-state index is 0.567. The molecule has 1 atom stereocenters. The molecule has 0 aliphatic heterocycles. The van der Waals surface area contributed by atoms with Crippen molar-refractivity contribution in [3.05, 3.63) is 18.2 Å². The highest BCUT2D eigenvalue weighted by Gasteiger charge is 2.24. The monoisotopic (exact) mass is 222 g/mol. The number of imidazole rings is 1. The van der Waals surface area contributed by atoms with Gasteiger partial charge in [0.1, 0.15) is 0 Å². The summed E-state index contributed by atoms with van der Waals surface area (Å²) in [7, 11) is 4.22. The highest BCUT2D eigenvalue weighted by Crippen LogP contribution is 2.35. The first-order valence-electron chi connectivity index (χ1n) is 6.06. The van der Waals surface area contributed by atoms with E-state index in [2.05, 4.69) is 40.8 Å². The predicted molar refractivity (Wildman–Crippen MR) is 65.4 cm³/mol. The second-order valence-corrected chi connectivity index (χ2v) is 4.97. The minimum Gasteiger partial charge on any atom is -0.330 e. The maximum absolute atomic E-state index is 4.23. The van der Waals surface area contributed by atoms with Crippen molar-refractivity contribution in [2.45, 2.75) is 38.4 Å². The van der Waals surface area contributed by atoms with E-state index in [1.54, 1.807) is 0 Å². The molecule has 1 heterocycles. The quantitative estimate of drug-likeness (QED) is 0.786. The lowest BCUT2D eigenvalue weighted by atomic mass is 10.3. The second-order valence-electron chi connectivity index (χ2n) is 4.97. The number of likely N-dealkylation sites (N-methyl/N-ethyl adjacent to an activating group) is 1. The van der Waals surface area contributed by atoms with Crippen LogP contribution in [0.2, 0.25) is 0 Å². The van der Waals surface area contributed by atoms with Gasteiger partial charge >= 0.3 is 0 Å². The van der Waals surface area contributed by atoms with Crippen molar-refractivity contribution in [2.75, 3.05) is 20.6 Å². The summed E-state index contributed by atoms with van der Waals surface area (Å²) in [5.74, 6) is 0. The highest BCUT2D eigenvalue weighted by atomic mass is 15.1. The first kappa shape index (κ1) is 11.6. The molecule has 4 heteroatoms. The number of aromatic nitrogens is 2. The van der Waals surface area contributed by atoms with E-state index in [0.717, 1.165) is 19.1 Å². The average molecular weight is 222 g/mol. The summed E-state index contributed by atoms with van der Waals surface area (Å²) in [5, 5.41) is 3.49. The van der Waals surface area contributed by atoms with Crippen molar-refractivity contribution in [1.82, 2.24) is 19.8 Å². The molecule has 0 bridgehead atoms. The van der Waals surface area contributed by atoms with E-state index >= 15 is 0 Å². The summed E-state index contributed by atoms with van der Waals surface area (Å²) < 4.78 is 2.31. The summed E-state index contributed by atoms with van der Waals surface area (Å²) in [6, 6.07) is 1.29. The van der Waals surface area contributed by atoms with E-state index < -0.39 is 0 Å². The lowest BCUT2D eigenvalue weighted by Crippen LogP contribution is -2.35. The Kier molecular flexibility index (Phi) is 3.61. The standard InChI is InChI=1S/C12H22N4/c1-10(15(2)3)6-13-7-12-8-14-9-16(12)11-4-5-11/h8-11,13H,4-7H2,1-3H3. The molecule has 0 amide bonds. The van der Waals surface area contributed by atoms with Crippen LogP contribution in [-0.4, -0.2) is 41.1 Å². The fraction of sp³-hybridized carbons (Fsp3) is 0.750. The first-order valence-corrected chi connectivity index (χ1v) is 6.06. The van der Waals surface area contributed by atoms with Crippen LogP contribution in [0.5, 0.6) is 0 Å². The molecule has 1 aliphatic rings. The molecule has 1 N–H and O–H groups in total. The Hall–Kier alpha value is -0.870. The van der Waals surface area contributed by atoms with Gasteiger partial charge in [0.25, 0.3) is 0 Å². The zero-order valence-corrected chi connectivity index (χ0v) is 10.5. The molecule has 1 fully saturated rings. The molecule has 0 saturated heterocycles. The largest absolute Gasteiger partial charge is 0.330 e. The molecule has 1 aliphatic carbocycles. The zero-order valence-electron chi connectivity index (χ0n) is 10.5. The Labute approximate surface area is 97.7 Å². The average Bonchev–Trinajstić information content (AvgIpc) is 2.99. The van der Waals surface area contributed by atoms with Gasteiger partial charge in [0.2, 0.25) is 0 Å². The van der Waals surface area contributed by atoms with Gasteiger partial charge in [-0.2, -0.15) is 0 Å². The van der Waals surface area contributed by atoms with Crippen LogP contribution in [0.1, 0.15) is 31.5 Å². The predicted octanol–water partition coefficient (Wildman–Crippen LogP) is 1.26. The van der Waals surface area contributed by atoms with Crippen LogP contribution in [0.15, 0.2) is 12.5 Å². The molecule has 1 aromatic heterocycles. The van der Waals surface area contributed by atoms with Crippen molar-refractivity contribution in [2.24, 2.45) is 0 Å². The first-order chi connectivity index (χ1) is 7.68. The molecule has 0 radical (unpaired) electrons. The van der Waals surface area contributed by atoms with Gasteiger partial charge in [-0.3, -0.25) is 0 Å². The third-order valence-corrected chi connectivity index (χ3v) is 3.31. The van der Waals surface area contributed by atoms with Crippen LogP contribution < -0.4 is 5.32 Å². The van der Waals surface area contributed by atoms with Crippen molar-refractivity contribution in [3.63, 3.8) is 0 Å². The van der Waals surface area contributed by atoms with Crippen molar-refractivity contribution >= 4 is 0 Å². The summed E-state index contributed by atoms with van der Waals surface area (Å²) in [6.07, 6.45) is 6.57. The minimum atomic E-state index is 0.567. The molecule has 4 nitrogen and oxygen atoms in total. The van der Waals surface area contributed by atoms with Gasteiger partial charge in [0.05, 0.1) is 12.0 Å². The molecule has 16 heavy (non-hydrogen) atoms. The SMILES string of the molecule is CC(CNCc1cncn1C1CC1)N(C)C. The Morgan fingerprint density at radius 2 is 2.31 bits per heavy atom. The maximum atomic E-state index is 4.23. The fourth-order valence-corrected chi connectivity index (χ4v) is 1.74. The van der Waals surface area contributed by atoms with Gasteiger partial charge in [-0.1, -0.05) is 0 Å². The Morgan fingerprint density at radius 1 is 1.56 bits per heavy atom. The summed E-state index contributed by atoms with van der Waals surface area (Å²) >= 11 is 0. The van der Waals surface area contributed by atoms with Crippen molar-refractivity contribution in [1.29, 1.82) is 0 Å². The third kappa shape index (κ3) is 2.83. The van der Waals surface area contributed by atoms with Gasteiger partial charge in [-0.05, 0) is 33.9 Å². The van der Waals surface area contributed by atoms with Crippen LogP contribution in [0.25, 0.3) is 0 Å². The third-order valence-electron chi connectivity index (χ3n) is 3.31. The molecule has 1 aromatic rings. The highest BCUT2D eigenvalue weighted by molar-refractivity contribution is 5.03. The zero-order chi connectivity index (χ0) is 11.5. The fourth-order valence-electron chi connectivity index (χ4n) is 1.74. The van der Waals surface area contributed by atoms with Gasteiger partial charge in [-0.25, -0.2) is 4.98 Å². The normalized spacial score (nSPS) is 18.0. The van der Waals surface area contributed by atoms with Crippen molar-refractivity contribution in [3.8, 4) is 0 Å². The van der Waals surface area contributed by atoms with Gasteiger partial charge in [-0.15, -0.1) is 0 Å². The summed E-state index contributed by atoms with van der Waals surface area (Å²) in [6.45, 7) is 4.17.